The molecule has 0 heterocycles. The average Bonchev–Trinajstić information content (AvgIpc) is 2.29. The first-order chi connectivity index (χ1) is 8.48. The van der Waals surface area contributed by atoms with Crippen molar-refractivity contribution < 1.29 is 15.3 Å². The predicted molar refractivity (Wildman–Crippen MR) is 69.8 cm³/mol. The standard InChI is InChI=1S/C14H27NO3/c15-12(16)11(13(17)7-3-1-4-8-13)14(18)9-5-2-6-10-14/h11-12,16-18H,1-10,15H2. The third kappa shape index (κ3) is 2.72. The van der Waals surface area contributed by atoms with Gasteiger partial charge in [0.1, 0.15) is 6.23 Å². The number of aliphatic hydroxyl groups excluding tert-OH is 1. The van der Waals surface area contributed by atoms with Gasteiger partial charge in [-0.1, -0.05) is 38.5 Å². The largest absolute Gasteiger partial charge is 0.389 e. The molecule has 0 saturated heterocycles. The summed E-state index contributed by atoms with van der Waals surface area (Å²) in [4.78, 5) is 0. The quantitative estimate of drug-likeness (QED) is 0.573. The first kappa shape index (κ1) is 14.3. The normalized spacial score (nSPS) is 29.2. The smallest absolute Gasteiger partial charge is 0.110 e. The summed E-state index contributed by atoms with van der Waals surface area (Å²) in [6.45, 7) is 0. The molecule has 2 aliphatic rings. The van der Waals surface area contributed by atoms with Crippen LogP contribution in [0, 0.1) is 5.92 Å². The Morgan fingerprint density at radius 1 is 0.722 bits per heavy atom. The van der Waals surface area contributed by atoms with Gasteiger partial charge in [0.2, 0.25) is 0 Å². The molecule has 1 atom stereocenters. The molecular formula is C14H27NO3. The minimum atomic E-state index is -1.14. The second-order valence-electron chi connectivity index (χ2n) is 6.30. The van der Waals surface area contributed by atoms with Gasteiger partial charge < -0.3 is 21.1 Å². The van der Waals surface area contributed by atoms with Crippen molar-refractivity contribution in [3.8, 4) is 0 Å². The molecule has 0 radical (unpaired) electrons. The van der Waals surface area contributed by atoms with Crippen LogP contribution in [0.3, 0.4) is 0 Å². The molecule has 0 spiro atoms. The fourth-order valence-electron chi connectivity index (χ4n) is 4.09. The SMILES string of the molecule is NC(O)C(C1(O)CCCCC1)C1(O)CCCCC1. The first-order valence-corrected chi connectivity index (χ1v) is 7.36. The Morgan fingerprint density at radius 2 is 1.06 bits per heavy atom. The van der Waals surface area contributed by atoms with E-state index in [-0.39, 0.29) is 0 Å². The maximum atomic E-state index is 10.8. The van der Waals surface area contributed by atoms with Crippen molar-refractivity contribution in [2.75, 3.05) is 0 Å². The highest BCUT2D eigenvalue weighted by molar-refractivity contribution is 5.02. The van der Waals surface area contributed by atoms with Crippen LogP contribution in [-0.2, 0) is 0 Å². The predicted octanol–water partition coefficient (Wildman–Crippen LogP) is 1.27. The van der Waals surface area contributed by atoms with E-state index in [2.05, 4.69) is 0 Å². The highest BCUT2D eigenvalue weighted by Gasteiger charge is 2.52. The molecule has 0 aromatic rings. The topological polar surface area (TPSA) is 86.7 Å². The second-order valence-corrected chi connectivity index (χ2v) is 6.30. The maximum Gasteiger partial charge on any atom is 0.110 e. The van der Waals surface area contributed by atoms with E-state index in [1.807, 2.05) is 0 Å². The van der Waals surface area contributed by atoms with Crippen molar-refractivity contribution in [2.24, 2.45) is 11.7 Å². The number of rotatable bonds is 3. The molecule has 0 aromatic carbocycles. The Bertz CT molecular complexity index is 244. The number of hydrogen-bond acceptors (Lipinski definition) is 4. The summed E-state index contributed by atoms with van der Waals surface area (Å²) in [5, 5.41) is 31.5. The van der Waals surface area contributed by atoms with Gasteiger partial charge in [-0.15, -0.1) is 0 Å². The molecule has 106 valence electrons. The summed E-state index contributed by atoms with van der Waals surface area (Å²) >= 11 is 0. The van der Waals surface area contributed by atoms with E-state index in [1.54, 1.807) is 0 Å². The summed E-state index contributed by atoms with van der Waals surface area (Å²) in [5.41, 5.74) is 3.73. The molecule has 1 unspecified atom stereocenters. The van der Waals surface area contributed by atoms with E-state index in [4.69, 9.17) is 5.73 Å². The van der Waals surface area contributed by atoms with Gasteiger partial charge in [-0.2, -0.15) is 0 Å². The van der Waals surface area contributed by atoms with Crippen molar-refractivity contribution in [1.29, 1.82) is 0 Å². The van der Waals surface area contributed by atoms with Gasteiger partial charge in [-0.25, -0.2) is 0 Å². The minimum Gasteiger partial charge on any atom is -0.389 e. The second kappa shape index (κ2) is 5.45. The van der Waals surface area contributed by atoms with E-state index in [9.17, 15) is 15.3 Å². The number of nitrogens with two attached hydrogens (primary N) is 1. The van der Waals surface area contributed by atoms with Crippen LogP contribution in [0.2, 0.25) is 0 Å². The van der Waals surface area contributed by atoms with Crippen LogP contribution in [0.5, 0.6) is 0 Å². The Kier molecular flexibility index (Phi) is 4.32. The molecule has 0 aromatic heterocycles. The van der Waals surface area contributed by atoms with Crippen LogP contribution in [0.4, 0.5) is 0 Å². The van der Waals surface area contributed by atoms with E-state index in [0.717, 1.165) is 38.5 Å². The fourth-order valence-corrected chi connectivity index (χ4v) is 4.09. The van der Waals surface area contributed by atoms with E-state index < -0.39 is 23.3 Å². The highest BCUT2D eigenvalue weighted by Crippen LogP contribution is 2.45. The maximum absolute atomic E-state index is 10.8. The molecule has 0 bridgehead atoms. The zero-order chi connectivity index (χ0) is 13.2. The average molecular weight is 257 g/mol. The minimum absolute atomic E-state index is 0.606. The summed E-state index contributed by atoms with van der Waals surface area (Å²) in [6.07, 6.45) is 7.50. The Labute approximate surface area is 109 Å². The van der Waals surface area contributed by atoms with Crippen molar-refractivity contribution in [1.82, 2.24) is 0 Å². The van der Waals surface area contributed by atoms with Gasteiger partial charge >= 0.3 is 0 Å². The van der Waals surface area contributed by atoms with E-state index >= 15 is 0 Å². The summed E-state index contributed by atoms with van der Waals surface area (Å²) in [7, 11) is 0. The van der Waals surface area contributed by atoms with Crippen LogP contribution in [-0.4, -0.2) is 32.7 Å². The molecule has 0 aliphatic heterocycles. The Morgan fingerprint density at radius 3 is 1.33 bits per heavy atom. The van der Waals surface area contributed by atoms with Gasteiger partial charge in [-0.3, -0.25) is 0 Å². The lowest BCUT2D eigenvalue weighted by atomic mass is 9.63. The Hall–Kier alpha value is -0.160. The molecular weight excluding hydrogens is 230 g/mol. The monoisotopic (exact) mass is 257 g/mol. The van der Waals surface area contributed by atoms with Crippen LogP contribution >= 0.6 is 0 Å². The van der Waals surface area contributed by atoms with E-state index in [1.165, 1.54) is 0 Å². The zero-order valence-corrected chi connectivity index (χ0v) is 11.1. The van der Waals surface area contributed by atoms with Crippen LogP contribution in [0.15, 0.2) is 0 Å². The lowest BCUT2D eigenvalue weighted by Gasteiger charge is -2.50. The zero-order valence-electron chi connectivity index (χ0n) is 11.1. The highest BCUT2D eigenvalue weighted by atomic mass is 16.3. The van der Waals surface area contributed by atoms with Crippen LogP contribution < -0.4 is 5.73 Å². The molecule has 0 amide bonds. The third-order valence-corrected chi connectivity index (χ3v) is 4.94. The molecule has 2 saturated carbocycles. The fraction of sp³-hybridized carbons (Fsp3) is 1.00. The number of hydrogen-bond donors (Lipinski definition) is 4. The Balaban J connectivity index is 2.21. The van der Waals surface area contributed by atoms with Gasteiger partial charge in [-0.05, 0) is 25.7 Å². The summed E-state index contributed by atoms with van der Waals surface area (Å²) in [6, 6.07) is 0. The summed E-state index contributed by atoms with van der Waals surface area (Å²) < 4.78 is 0. The van der Waals surface area contributed by atoms with E-state index in [0.29, 0.717) is 25.7 Å². The van der Waals surface area contributed by atoms with Crippen molar-refractivity contribution in [3.63, 3.8) is 0 Å². The molecule has 2 aliphatic carbocycles. The van der Waals surface area contributed by atoms with Gasteiger partial charge in [0.25, 0.3) is 0 Å². The third-order valence-electron chi connectivity index (χ3n) is 4.94. The molecule has 5 N–H and O–H groups in total. The van der Waals surface area contributed by atoms with Crippen LogP contribution in [0.1, 0.15) is 64.2 Å². The van der Waals surface area contributed by atoms with Crippen LogP contribution in [0.25, 0.3) is 0 Å². The molecule has 4 nitrogen and oxygen atoms in total. The van der Waals surface area contributed by atoms with Crippen molar-refractivity contribution in [3.05, 3.63) is 0 Å². The first-order valence-electron chi connectivity index (χ1n) is 7.36. The molecule has 18 heavy (non-hydrogen) atoms. The van der Waals surface area contributed by atoms with Gasteiger partial charge in [0.05, 0.1) is 17.1 Å². The molecule has 2 fully saturated rings. The van der Waals surface area contributed by atoms with Gasteiger partial charge in [0, 0.05) is 0 Å². The lowest BCUT2D eigenvalue weighted by Crippen LogP contribution is -2.60. The lowest BCUT2D eigenvalue weighted by molar-refractivity contribution is -0.188. The van der Waals surface area contributed by atoms with Gasteiger partial charge in [0.15, 0.2) is 0 Å². The molecule has 2 rings (SSSR count). The van der Waals surface area contributed by atoms with Crippen molar-refractivity contribution >= 4 is 0 Å². The van der Waals surface area contributed by atoms with Crippen molar-refractivity contribution in [2.45, 2.75) is 81.6 Å². The summed E-state index contributed by atoms with van der Waals surface area (Å²) in [5.74, 6) is -0.606. The molecule has 4 heteroatoms. The number of aliphatic hydroxyl groups is 3.